The number of carbonyl (C=O) groups excluding carboxylic acids is 1. The van der Waals surface area contributed by atoms with E-state index in [1.54, 1.807) is 6.92 Å². The van der Waals surface area contributed by atoms with E-state index in [1.807, 2.05) is 0 Å². The van der Waals surface area contributed by atoms with Crippen molar-refractivity contribution in [2.75, 3.05) is 7.05 Å². The van der Waals surface area contributed by atoms with Crippen LogP contribution in [0.4, 0.5) is 4.39 Å². The molecule has 1 aromatic heterocycles. The zero-order valence-electron chi connectivity index (χ0n) is 12.6. The maximum atomic E-state index is 13.8. The van der Waals surface area contributed by atoms with Crippen molar-refractivity contribution in [2.45, 2.75) is 19.9 Å². The number of halogens is 2. The van der Waals surface area contributed by atoms with Crippen molar-refractivity contribution in [3.63, 3.8) is 0 Å². The summed E-state index contributed by atoms with van der Waals surface area (Å²) in [5, 5.41) is 9.30. The third-order valence-electron chi connectivity index (χ3n) is 3.37. The van der Waals surface area contributed by atoms with Crippen LogP contribution in [0.1, 0.15) is 39.2 Å². The smallest absolute Gasteiger partial charge is 0.339 e. The number of amides is 1. The summed E-state index contributed by atoms with van der Waals surface area (Å²) in [5.74, 6) is -2.11. The van der Waals surface area contributed by atoms with Crippen molar-refractivity contribution < 1.29 is 23.5 Å². The molecule has 0 atom stereocenters. The zero-order chi connectivity index (χ0) is 17.1. The first-order valence-electron chi connectivity index (χ1n) is 6.89. The number of furan rings is 1. The van der Waals surface area contributed by atoms with Gasteiger partial charge in [-0.3, -0.25) is 4.79 Å². The van der Waals surface area contributed by atoms with Crippen LogP contribution in [0.3, 0.4) is 0 Å². The number of carboxylic acid groups (broad SMARTS) is 1. The van der Waals surface area contributed by atoms with Crippen molar-refractivity contribution in [1.82, 2.24) is 4.90 Å². The molecule has 7 heteroatoms. The Morgan fingerprint density at radius 2 is 2.09 bits per heavy atom. The number of rotatable bonds is 5. The SMILES string of the molecule is CCc1oc(C(=O)N(C)Cc2c(F)cccc2Cl)cc1C(=O)O. The average Bonchev–Trinajstić information content (AvgIpc) is 2.94. The Bertz CT molecular complexity index is 736. The number of benzene rings is 1. The molecule has 1 N–H and O–H groups in total. The summed E-state index contributed by atoms with van der Waals surface area (Å²) in [6.45, 7) is 1.66. The van der Waals surface area contributed by atoms with Crippen molar-refractivity contribution in [1.29, 1.82) is 0 Å². The summed E-state index contributed by atoms with van der Waals surface area (Å²) in [5.41, 5.74) is 0.138. The Morgan fingerprint density at radius 3 is 2.61 bits per heavy atom. The minimum atomic E-state index is -1.16. The molecule has 23 heavy (non-hydrogen) atoms. The molecule has 122 valence electrons. The normalized spacial score (nSPS) is 10.6. The van der Waals surface area contributed by atoms with Crippen LogP contribution in [0.25, 0.3) is 0 Å². The molecular weight excluding hydrogens is 325 g/mol. The molecule has 0 aliphatic heterocycles. The third-order valence-corrected chi connectivity index (χ3v) is 3.73. The summed E-state index contributed by atoms with van der Waals surface area (Å²) in [6.07, 6.45) is 0.345. The standard InChI is InChI=1S/C16H15ClFNO4/c1-3-13-9(16(21)22)7-14(23-13)15(20)19(2)8-10-11(17)5-4-6-12(10)18/h4-7H,3,8H2,1-2H3,(H,21,22). The number of aryl methyl sites for hydroxylation is 1. The molecule has 2 rings (SSSR count). The lowest BCUT2D eigenvalue weighted by Crippen LogP contribution is -2.26. The van der Waals surface area contributed by atoms with E-state index in [0.717, 1.165) is 0 Å². The largest absolute Gasteiger partial charge is 0.478 e. The van der Waals surface area contributed by atoms with Crippen LogP contribution in [-0.4, -0.2) is 28.9 Å². The maximum absolute atomic E-state index is 13.8. The second kappa shape index (κ2) is 6.83. The highest BCUT2D eigenvalue weighted by Crippen LogP contribution is 2.22. The van der Waals surface area contributed by atoms with Crippen LogP contribution in [0.5, 0.6) is 0 Å². The summed E-state index contributed by atoms with van der Waals surface area (Å²) in [4.78, 5) is 24.7. The molecule has 0 aliphatic rings. The number of carboxylic acids is 1. The van der Waals surface area contributed by atoms with Crippen molar-refractivity contribution in [3.05, 3.63) is 57.8 Å². The predicted octanol–water partition coefficient (Wildman–Crippen LogP) is 3.60. The van der Waals surface area contributed by atoms with E-state index in [2.05, 4.69) is 0 Å². The first-order chi connectivity index (χ1) is 10.8. The molecule has 0 radical (unpaired) electrons. The van der Waals surface area contributed by atoms with E-state index in [9.17, 15) is 14.0 Å². The van der Waals surface area contributed by atoms with E-state index in [4.69, 9.17) is 21.1 Å². The zero-order valence-corrected chi connectivity index (χ0v) is 13.4. The molecule has 5 nitrogen and oxygen atoms in total. The number of aromatic carboxylic acids is 1. The van der Waals surface area contributed by atoms with Crippen molar-refractivity contribution in [3.8, 4) is 0 Å². The highest BCUT2D eigenvalue weighted by molar-refractivity contribution is 6.31. The first kappa shape index (κ1) is 17.0. The number of hydrogen-bond acceptors (Lipinski definition) is 3. The number of hydrogen-bond donors (Lipinski definition) is 1. The molecule has 2 aromatic rings. The van der Waals surface area contributed by atoms with Crippen LogP contribution in [0.15, 0.2) is 28.7 Å². The lowest BCUT2D eigenvalue weighted by molar-refractivity contribution is 0.0692. The topological polar surface area (TPSA) is 70.8 Å². The highest BCUT2D eigenvalue weighted by atomic mass is 35.5. The molecule has 0 fully saturated rings. The van der Waals surface area contributed by atoms with Gasteiger partial charge in [-0.15, -0.1) is 0 Å². The molecule has 0 unspecified atom stereocenters. The first-order valence-corrected chi connectivity index (χ1v) is 7.27. The molecule has 0 bridgehead atoms. The second-order valence-electron chi connectivity index (χ2n) is 4.97. The van der Waals surface area contributed by atoms with E-state index in [1.165, 1.54) is 36.2 Å². The summed E-state index contributed by atoms with van der Waals surface area (Å²) in [7, 11) is 1.46. The fraction of sp³-hybridized carbons (Fsp3) is 0.250. The molecule has 1 amide bonds. The lowest BCUT2D eigenvalue weighted by Gasteiger charge is -2.17. The minimum absolute atomic E-state index is 0.0480. The van der Waals surface area contributed by atoms with E-state index in [-0.39, 0.29) is 34.2 Å². The van der Waals surface area contributed by atoms with Gasteiger partial charge >= 0.3 is 5.97 Å². The summed E-state index contributed by atoms with van der Waals surface area (Å²) >= 11 is 5.94. The van der Waals surface area contributed by atoms with Gasteiger partial charge in [0, 0.05) is 30.1 Å². The van der Waals surface area contributed by atoms with Crippen LogP contribution < -0.4 is 0 Å². The summed E-state index contributed by atoms with van der Waals surface area (Å²) in [6, 6.07) is 5.44. The fourth-order valence-corrected chi connectivity index (χ4v) is 2.38. The Balaban J connectivity index is 2.25. The van der Waals surface area contributed by atoms with Crippen LogP contribution >= 0.6 is 11.6 Å². The van der Waals surface area contributed by atoms with E-state index >= 15 is 0 Å². The van der Waals surface area contributed by atoms with Gasteiger partial charge in [0.15, 0.2) is 5.76 Å². The molecule has 0 saturated carbocycles. The quantitative estimate of drug-likeness (QED) is 0.903. The summed E-state index contributed by atoms with van der Waals surface area (Å²) < 4.78 is 19.1. The fourth-order valence-electron chi connectivity index (χ4n) is 2.16. The molecule has 0 saturated heterocycles. The maximum Gasteiger partial charge on any atom is 0.339 e. The Hall–Kier alpha value is -2.34. The van der Waals surface area contributed by atoms with Crippen LogP contribution in [0, 0.1) is 5.82 Å². The van der Waals surface area contributed by atoms with Gasteiger partial charge in [0.05, 0.1) is 6.54 Å². The third kappa shape index (κ3) is 3.53. The van der Waals surface area contributed by atoms with Crippen molar-refractivity contribution >= 4 is 23.5 Å². The second-order valence-corrected chi connectivity index (χ2v) is 5.37. The van der Waals surface area contributed by atoms with E-state index < -0.39 is 17.7 Å². The predicted molar refractivity (Wildman–Crippen MR) is 82.3 cm³/mol. The highest BCUT2D eigenvalue weighted by Gasteiger charge is 2.23. The van der Waals surface area contributed by atoms with Crippen LogP contribution in [0.2, 0.25) is 5.02 Å². The monoisotopic (exact) mass is 339 g/mol. The van der Waals surface area contributed by atoms with Gasteiger partial charge in [-0.2, -0.15) is 0 Å². The molecule has 1 aromatic carbocycles. The Morgan fingerprint density at radius 1 is 1.39 bits per heavy atom. The number of carbonyl (C=O) groups is 2. The van der Waals surface area contributed by atoms with Gasteiger partial charge in [-0.05, 0) is 12.1 Å². The van der Waals surface area contributed by atoms with Crippen molar-refractivity contribution in [2.24, 2.45) is 0 Å². The molecule has 0 spiro atoms. The van der Waals surface area contributed by atoms with Gasteiger partial charge in [0.1, 0.15) is 17.1 Å². The van der Waals surface area contributed by atoms with Gasteiger partial charge in [-0.25, -0.2) is 9.18 Å². The molecular formula is C16H15ClFNO4. The van der Waals surface area contributed by atoms with Gasteiger partial charge < -0.3 is 14.4 Å². The lowest BCUT2D eigenvalue weighted by atomic mass is 10.2. The minimum Gasteiger partial charge on any atom is -0.478 e. The number of nitrogens with zero attached hydrogens (tertiary/aromatic N) is 1. The van der Waals surface area contributed by atoms with Gasteiger partial charge in [0.25, 0.3) is 5.91 Å². The van der Waals surface area contributed by atoms with Gasteiger partial charge in [-0.1, -0.05) is 24.6 Å². The molecule has 1 heterocycles. The van der Waals surface area contributed by atoms with E-state index in [0.29, 0.717) is 6.42 Å². The van der Waals surface area contributed by atoms with Gasteiger partial charge in [0.2, 0.25) is 0 Å². The Kier molecular flexibility index (Phi) is 5.05. The Labute approximate surface area is 137 Å². The molecule has 0 aliphatic carbocycles. The van der Waals surface area contributed by atoms with Crippen LogP contribution in [-0.2, 0) is 13.0 Å². The average molecular weight is 340 g/mol.